The first kappa shape index (κ1) is 18.5. The number of rotatable bonds is 6. The van der Waals surface area contributed by atoms with Gasteiger partial charge in [0.25, 0.3) is 0 Å². The van der Waals surface area contributed by atoms with Crippen molar-refractivity contribution in [1.82, 2.24) is 9.21 Å². The van der Waals surface area contributed by atoms with Crippen LogP contribution in [-0.2, 0) is 10.0 Å². The zero-order valence-electron chi connectivity index (χ0n) is 12.6. The number of anilines is 1. The Balaban J connectivity index is 3.29. The van der Waals surface area contributed by atoms with Crippen molar-refractivity contribution in [2.24, 2.45) is 0 Å². The van der Waals surface area contributed by atoms with Crippen LogP contribution in [0, 0.1) is 0 Å². The molecule has 0 aliphatic heterocycles. The van der Waals surface area contributed by atoms with Crippen molar-refractivity contribution in [2.45, 2.75) is 24.8 Å². The maximum absolute atomic E-state index is 12.8. The summed E-state index contributed by atoms with van der Waals surface area (Å²) in [7, 11) is 0.0563. The molecule has 2 N–H and O–H groups in total. The second-order valence-corrected chi connectivity index (χ2v) is 7.74. The fourth-order valence-electron chi connectivity index (χ4n) is 2.21. The van der Waals surface area contributed by atoms with Gasteiger partial charge in [0.15, 0.2) is 0 Å². The molecule has 1 atom stereocenters. The van der Waals surface area contributed by atoms with Crippen molar-refractivity contribution < 1.29 is 8.42 Å². The van der Waals surface area contributed by atoms with E-state index in [1.54, 1.807) is 6.92 Å². The molecule has 0 saturated heterocycles. The molecule has 8 heteroatoms. The molecular weight excluding hydrogens is 333 g/mol. The van der Waals surface area contributed by atoms with Crippen molar-refractivity contribution in [2.75, 3.05) is 32.9 Å². The molecule has 1 aromatic carbocycles. The summed E-state index contributed by atoms with van der Waals surface area (Å²) >= 11 is 11.9. The molecule has 0 saturated carbocycles. The summed E-state index contributed by atoms with van der Waals surface area (Å²) < 4.78 is 27.0. The van der Waals surface area contributed by atoms with Gasteiger partial charge in [-0.15, -0.1) is 0 Å². The fourth-order valence-corrected chi connectivity index (χ4v) is 4.59. The van der Waals surface area contributed by atoms with Crippen LogP contribution >= 0.6 is 23.2 Å². The average Bonchev–Trinajstić information content (AvgIpc) is 2.35. The van der Waals surface area contributed by atoms with E-state index in [-0.39, 0.29) is 26.7 Å². The van der Waals surface area contributed by atoms with Gasteiger partial charge in [-0.1, -0.05) is 30.1 Å². The number of hydrogen-bond acceptors (Lipinski definition) is 4. The van der Waals surface area contributed by atoms with Crippen LogP contribution in [0.5, 0.6) is 0 Å². The molecule has 0 radical (unpaired) electrons. The maximum Gasteiger partial charge on any atom is 0.244 e. The molecule has 0 heterocycles. The number of halogens is 2. The summed E-state index contributed by atoms with van der Waals surface area (Å²) in [4.78, 5) is 1.92. The molecule has 1 rings (SSSR count). The van der Waals surface area contributed by atoms with Gasteiger partial charge in [0.1, 0.15) is 4.90 Å². The number of sulfonamides is 1. The van der Waals surface area contributed by atoms with Crippen LogP contribution in [0.1, 0.15) is 13.8 Å². The van der Waals surface area contributed by atoms with Gasteiger partial charge in [-0.3, -0.25) is 0 Å². The SMILES string of the molecule is CCN(C(C)CN(C)C)S(=O)(=O)c1ccc(Cl)c(N)c1Cl. The highest BCUT2D eigenvalue weighted by molar-refractivity contribution is 7.89. The molecule has 120 valence electrons. The van der Waals surface area contributed by atoms with Crippen molar-refractivity contribution >= 4 is 38.9 Å². The quantitative estimate of drug-likeness (QED) is 0.798. The van der Waals surface area contributed by atoms with E-state index in [4.69, 9.17) is 28.9 Å². The lowest BCUT2D eigenvalue weighted by Crippen LogP contribution is -2.43. The monoisotopic (exact) mass is 353 g/mol. The highest BCUT2D eigenvalue weighted by atomic mass is 35.5. The predicted octanol–water partition coefficient (Wildman–Crippen LogP) is 2.54. The molecular formula is C13H21Cl2N3O2S. The Bertz CT molecular complexity index is 606. The van der Waals surface area contributed by atoms with Crippen LogP contribution < -0.4 is 5.73 Å². The molecule has 0 aliphatic carbocycles. The van der Waals surface area contributed by atoms with Gasteiger partial charge in [0.05, 0.1) is 15.7 Å². The molecule has 0 aromatic heterocycles. The summed E-state index contributed by atoms with van der Waals surface area (Å²) in [6.45, 7) is 4.59. The van der Waals surface area contributed by atoms with Crippen LogP contribution in [0.15, 0.2) is 17.0 Å². The number of nitrogens with zero attached hydrogens (tertiary/aromatic N) is 2. The largest absolute Gasteiger partial charge is 0.396 e. The van der Waals surface area contributed by atoms with E-state index in [9.17, 15) is 8.42 Å². The van der Waals surface area contributed by atoms with E-state index in [0.717, 1.165) is 0 Å². The summed E-state index contributed by atoms with van der Waals surface area (Å²) in [5.74, 6) is 0. The van der Waals surface area contributed by atoms with E-state index in [2.05, 4.69) is 0 Å². The van der Waals surface area contributed by atoms with Gasteiger partial charge in [-0.25, -0.2) is 8.42 Å². The number of likely N-dealkylation sites (N-methyl/N-ethyl adjacent to an activating group) is 2. The zero-order chi connectivity index (χ0) is 16.4. The van der Waals surface area contributed by atoms with Crippen molar-refractivity contribution in [3.8, 4) is 0 Å². The lowest BCUT2D eigenvalue weighted by Gasteiger charge is -2.29. The lowest BCUT2D eigenvalue weighted by atomic mass is 10.3. The minimum atomic E-state index is -3.73. The number of hydrogen-bond donors (Lipinski definition) is 1. The molecule has 1 aromatic rings. The standard InChI is InChI=1S/C13H21Cl2N3O2S/c1-5-18(9(2)8-17(3)4)21(19,20)11-7-6-10(14)13(16)12(11)15/h6-7,9H,5,8,16H2,1-4H3. The van der Waals surface area contributed by atoms with Gasteiger partial charge in [0.2, 0.25) is 10.0 Å². The summed E-state index contributed by atoms with van der Waals surface area (Å²) in [6, 6.07) is 2.64. The Morgan fingerprint density at radius 3 is 2.33 bits per heavy atom. The molecule has 5 nitrogen and oxygen atoms in total. The van der Waals surface area contributed by atoms with E-state index in [1.807, 2.05) is 25.9 Å². The normalized spacial score (nSPS) is 13.9. The molecule has 0 spiro atoms. The summed E-state index contributed by atoms with van der Waals surface area (Å²) in [5, 5.41) is 0.210. The first-order valence-electron chi connectivity index (χ1n) is 6.53. The minimum Gasteiger partial charge on any atom is -0.396 e. The van der Waals surface area contributed by atoms with Crippen LogP contribution in [0.2, 0.25) is 10.0 Å². The Labute approximate surface area is 136 Å². The van der Waals surface area contributed by atoms with Crippen LogP contribution in [0.4, 0.5) is 5.69 Å². The Kier molecular flexibility index (Phi) is 6.31. The van der Waals surface area contributed by atoms with E-state index in [0.29, 0.717) is 13.1 Å². The Morgan fingerprint density at radius 2 is 1.86 bits per heavy atom. The third-order valence-electron chi connectivity index (χ3n) is 3.11. The van der Waals surface area contributed by atoms with E-state index >= 15 is 0 Å². The molecule has 0 fully saturated rings. The zero-order valence-corrected chi connectivity index (χ0v) is 14.9. The maximum atomic E-state index is 12.8. The van der Waals surface area contributed by atoms with Crippen molar-refractivity contribution in [3.63, 3.8) is 0 Å². The molecule has 0 bridgehead atoms. The van der Waals surface area contributed by atoms with Gasteiger partial charge in [-0.05, 0) is 33.2 Å². The third-order valence-corrected chi connectivity index (χ3v) is 6.09. The van der Waals surface area contributed by atoms with E-state index < -0.39 is 10.0 Å². The number of nitrogens with two attached hydrogens (primary N) is 1. The number of nitrogen functional groups attached to an aromatic ring is 1. The van der Waals surface area contributed by atoms with Gasteiger partial charge in [0, 0.05) is 19.1 Å². The fraction of sp³-hybridized carbons (Fsp3) is 0.538. The summed E-state index contributed by atoms with van der Waals surface area (Å²) in [5.41, 5.74) is 5.80. The molecule has 0 amide bonds. The first-order chi connectivity index (χ1) is 9.62. The summed E-state index contributed by atoms with van der Waals surface area (Å²) in [6.07, 6.45) is 0. The smallest absolute Gasteiger partial charge is 0.244 e. The third kappa shape index (κ3) is 4.02. The van der Waals surface area contributed by atoms with Crippen LogP contribution in [0.25, 0.3) is 0 Å². The average molecular weight is 354 g/mol. The van der Waals surface area contributed by atoms with Crippen molar-refractivity contribution in [3.05, 3.63) is 22.2 Å². The van der Waals surface area contributed by atoms with Gasteiger partial charge < -0.3 is 10.6 Å². The molecule has 21 heavy (non-hydrogen) atoms. The first-order valence-corrected chi connectivity index (χ1v) is 8.72. The van der Waals surface area contributed by atoms with Crippen molar-refractivity contribution in [1.29, 1.82) is 0 Å². The Hall–Kier alpha value is -0.530. The van der Waals surface area contributed by atoms with Crippen LogP contribution in [0.3, 0.4) is 0 Å². The van der Waals surface area contributed by atoms with Gasteiger partial charge >= 0.3 is 0 Å². The van der Waals surface area contributed by atoms with Crippen LogP contribution in [-0.4, -0.2) is 50.8 Å². The highest BCUT2D eigenvalue weighted by Gasteiger charge is 2.30. The van der Waals surface area contributed by atoms with Gasteiger partial charge in [-0.2, -0.15) is 4.31 Å². The number of benzene rings is 1. The molecule has 1 unspecified atom stereocenters. The highest BCUT2D eigenvalue weighted by Crippen LogP contribution is 2.34. The topological polar surface area (TPSA) is 66.6 Å². The second-order valence-electron chi connectivity index (χ2n) is 5.09. The minimum absolute atomic E-state index is 0.0153. The second kappa shape index (κ2) is 7.15. The van der Waals surface area contributed by atoms with E-state index in [1.165, 1.54) is 16.4 Å². The molecule has 0 aliphatic rings. The lowest BCUT2D eigenvalue weighted by molar-refractivity contribution is 0.271. The Morgan fingerprint density at radius 1 is 1.29 bits per heavy atom. The predicted molar refractivity (Wildman–Crippen MR) is 88.5 cm³/mol.